The van der Waals surface area contributed by atoms with E-state index in [9.17, 15) is 13.9 Å². The predicted molar refractivity (Wildman–Crippen MR) is 60.2 cm³/mol. The average Bonchev–Trinajstić information content (AvgIpc) is 2.68. The first-order valence-corrected chi connectivity index (χ1v) is 5.23. The van der Waals surface area contributed by atoms with E-state index in [1.165, 1.54) is 18.0 Å². The van der Waals surface area contributed by atoms with E-state index in [1.54, 1.807) is 7.05 Å². The van der Waals surface area contributed by atoms with Gasteiger partial charge in [0.05, 0.1) is 13.3 Å². The average molecular weight is 254 g/mol. The number of benzene rings is 1. The van der Waals surface area contributed by atoms with Crippen LogP contribution in [-0.4, -0.2) is 22.0 Å². The molecule has 96 valence electrons. The molecule has 1 unspecified atom stereocenters. The van der Waals surface area contributed by atoms with Crippen LogP contribution in [0.15, 0.2) is 24.4 Å². The van der Waals surface area contributed by atoms with Gasteiger partial charge in [0.1, 0.15) is 23.4 Å². The van der Waals surface area contributed by atoms with Crippen molar-refractivity contribution in [2.75, 3.05) is 7.11 Å². The number of aryl methyl sites for hydroxylation is 1. The van der Waals surface area contributed by atoms with Crippen LogP contribution < -0.4 is 4.74 Å². The Morgan fingerprint density at radius 2 is 1.89 bits per heavy atom. The van der Waals surface area contributed by atoms with Gasteiger partial charge in [0, 0.05) is 13.1 Å². The fraction of sp³-hybridized carbons (Fsp3) is 0.250. The molecule has 0 aliphatic carbocycles. The first-order chi connectivity index (χ1) is 8.52. The fourth-order valence-corrected chi connectivity index (χ4v) is 1.79. The van der Waals surface area contributed by atoms with Gasteiger partial charge in [-0.2, -0.15) is 5.10 Å². The number of hydrogen-bond donors (Lipinski definition) is 1. The second kappa shape index (κ2) is 4.73. The standard InChI is InChI=1S/C12H12F2N2O2/c1-16-11(10(18-2)6-15-16)12(17)7-3-8(13)5-9(14)4-7/h3-6,12,17H,1-2H3. The highest BCUT2D eigenvalue weighted by Gasteiger charge is 2.21. The highest BCUT2D eigenvalue weighted by atomic mass is 19.1. The summed E-state index contributed by atoms with van der Waals surface area (Å²) in [7, 11) is 3.04. The summed E-state index contributed by atoms with van der Waals surface area (Å²) in [6.45, 7) is 0. The Kier molecular flexibility index (Phi) is 3.29. The van der Waals surface area contributed by atoms with Crippen LogP contribution in [0.4, 0.5) is 8.78 Å². The van der Waals surface area contributed by atoms with Crippen molar-refractivity contribution >= 4 is 0 Å². The van der Waals surface area contributed by atoms with E-state index in [4.69, 9.17) is 4.74 Å². The highest BCUT2D eigenvalue weighted by Crippen LogP contribution is 2.29. The normalized spacial score (nSPS) is 12.5. The molecule has 0 bridgehead atoms. The zero-order valence-corrected chi connectivity index (χ0v) is 9.89. The number of ether oxygens (including phenoxy) is 1. The molecule has 1 aromatic heterocycles. The second-order valence-corrected chi connectivity index (χ2v) is 3.83. The third-order valence-corrected chi connectivity index (χ3v) is 2.63. The zero-order valence-electron chi connectivity index (χ0n) is 9.89. The van der Waals surface area contributed by atoms with Crippen molar-refractivity contribution in [1.29, 1.82) is 0 Å². The third kappa shape index (κ3) is 2.19. The van der Waals surface area contributed by atoms with Gasteiger partial charge in [-0.05, 0) is 17.7 Å². The minimum absolute atomic E-state index is 0.106. The Bertz CT molecular complexity index is 549. The van der Waals surface area contributed by atoms with Crippen molar-refractivity contribution in [2.24, 2.45) is 7.05 Å². The molecule has 1 aromatic carbocycles. The van der Waals surface area contributed by atoms with E-state index in [0.29, 0.717) is 11.4 Å². The van der Waals surface area contributed by atoms with Crippen LogP contribution in [0.2, 0.25) is 0 Å². The van der Waals surface area contributed by atoms with Gasteiger partial charge in [-0.1, -0.05) is 0 Å². The topological polar surface area (TPSA) is 47.3 Å². The maximum absolute atomic E-state index is 13.1. The maximum atomic E-state index is 13.1. The lowest BCUT2D eigenvalue weighted by atomic mass is 10.1. The summed E-state index contributed by atoms with van der Waals surface area (Å²) >= 11 is 0. The van der Waals surface area contributed by atoms with Crippen LogP contribution in [0.1, 0.15) is 17.4 Å². The van der Waals surface area contributed by atoms with E-state index < -0.39 is 17.7 Å². The van der Waals surface area contributed by atoms with Crippen molar-refractivity contribution in [2.45, 2.75) is 6.10 Å². The predicted octanol–water partition coefficient (Wildman–Crippen LogP) is 1.79. The molecule has 6 heteroatoms. The molecule has 0 aliphatic rings. The van der Waals surface area contributed by atoms with Gasteiger partial charge < -0.3 is 9.84 Å². The van der Waals surface area contributed by atoms with Crippen LogP contribution in [0.3, 0.4) is 0 Å². The summed E-state index contributed by atoms with van der Waals surface area (Å²) in [5, 5.41) is 14.1. The van der Waals surface area contributed by atoms with Crippen molar-refractivity contribution in [3.63, 3.8) is 0 Å². The SMILES string of the molecule is COc1cnn(C)c1C(O)c1cc(F)cc(F)c1. The van der Waals surface area contributed by atoms with Crippen molar-refractivity contribution in [3.05, 3.63) is 47.3 Å². The molecule has 1 N–H and O–H groups in total. The lowest BCUT2D eigenvalue weighted by Gasteiger charge is -2.13. The Morgan fingerprint density at radius 1 is 1.28 bits per heavy atom. The maximum Gasteiger partial charge on any atom is 0.162 e. The molecular formula is C12H12F2N2O2. The third-order valence-electron chi connectivity index (χ3n) is 2.63. The fourth-order valence-electron chi connectivity index (χ4n) is 1.79. The number of halogens is 2. The number of aliphatic hydroxyl groups is 1. The van der Waals surface area contributed by atoms with E-state index in [1.807, 2.05) is 0 Å². The second-order valence-electron chi connectivity index (χ2n) is 3.83. The van der Waals surface area contributed by atoms with Gasteiger partial charge in [-0.25, -0.2) is 8.78 Å². The molecule has 18 heavy (non-hydrogen) atoms. The molecule has 4 nitrogen and oxygen atoms in total. The summed E-state index contributed by atoms with van der Waals surface area (Å²) in [5.74, 6) is -1.13. The summed E-state index contributed by atoms with van der Waals surface area (Å²) < 4.78 is 32.6. The quantitative estimate of drug-likeness (QED) is 0.908. The number of aromatic nitrogens is 2. The van der Waals surface area contributed by atoms with Gasteiger partial charge in [0.15, 0.2) is 5.75 Å². The van der Waals surface area contributed by atoms with E-state index in [0.717, 1.165) is 18.2 Å². The van der Waals surface area contributed by atoms with Crippen molar-refractivity contribution in [1.82, 2.24) is 9.78 Å². The Morgan fingerprint density at radius 3 is 2.44 bits per heavy atom. The lowest BCUT2D eigenvalue weighted by Crippen LogP contribution is -2.08. The number of rotatable bonds is 3. The van der Waals surface area contributed by atoms with Gasteiger partial charge in [0.2, 0.25) is 0 Å². The number of aliphatic hydroxyl groups excluding tert-OH is 1. The first-order valence-electron chi connectivity index (χ1n) is 5.23. The van der Waals surface area contributed by atoms with E-state index >= 15 is 0 Å². The molecule has 0 radical (unpaired) electrons. The summed E-state index contributed by atoms with van der Waals surface area (Å²) in [5.41, 5.74) is 0.442. The van der Waals surface area contributed by atoms with Crippen LogP contribution >= 0.6 is 0 Å². The Hall–Kier alpha value is -1.95. The lowest BCUT2D eigenvalue weighted by molar-refractivity contribution is 0.203. The number of hydrogen-bond acceptors (Lipinski definition) is 3. The van der Waals surface area contributed by atoms with Gasteiger partial charge in [0.25, 0.3) is 0 Å². The largest absolute Gasteiger partial charge is 0.493 e. The Balaban J connectivity index is 2.47. The molecular weight excluding hydrogens is 242 g/mol. The van der Waals surface area contributed by atoms with Crippen LogP contribution in [0.25, 0.3) is 0 Å². The first kappa shape index (κ1) is 12.5. The molecule has 0 fully saturated rings. The summed E-state index contributed by atoms with van der Waals surface area (Å²) in [4.78, 5) is 0. The van der Waals surface area contributed by atoms with Crippen LogP contribution in [0, 0.1) is 11.6 Å². The van der Waals surface area contributed by atoms with E-state index in [-0.39, 0.29) is 5.56 Å². The number of methoxy groups -OCH3 is 1. The van der Waals surface area contributed by atoms with Crippen molar-refractivity contribution in [3.8, 4) is 5.75 Å². The molecule has 1 atom stereocenters. The minimum atomic E-state index is -1.21. The minimum Gasteiger partial charge on any atom is -0.493 e. The van der Waals surface area contributed by atoms with Gasteiger partial charge in [-0.15, -0.1) is 0 Å². The van der Waals surface area contributed by atoms with Crippen LogP contribution in [-0.2, 0) is 7.05 Å². The molecule has 0 aliphatic heterocycles. The van der Waals surface area contributed by atoms with Crippen LogP contribution in [0.5, 0.6) is 5.75 Å². The molecule has 0 saturated carbocycles. The molecule has 1 heterocycles. The summed E-state index contributed by atoms with van der Waals surface area (Å²) in [6.07, 6.45) is 0.214. The molecule has 0 saturated heterocycles. The molecule has 0 amide bonds. The van der Waals surface area contributed by atoms with E-state index in [2.05, 4.69) is 5.10 Å². The molecule has 0 spiro atoms. The Labute approximate surface area is 102 Å². The van der Waals surface area contributed by atoms with Gasteiger partial charge >= 0.3 is 0 Å². The smallest absolute Gasteiger partial charge is 0.162 e. The monoisotopic (exact) mass is 254 g/mol. The number of nitrogens with zero attached hydrogens (tertiary/aromatic N) is 2. The highest BCUT2D eigenvalue weighted by molar-refractivity contribution is 5.35. The molecule has 2 aromatic rings. The molecule has 2 rings (SSSR count). The summed E-state index contributed by atoms with van der Waals surface area (Å²) in [6, 6.07) is 2.89. The van der Waals surface area contributed by atoms with Gasteiger partial charge in [-0.3, -0.25) is 4.68 Å². The zero-order chi connectivity index (χ0) is 13.3. The van der Waals surface area contributed by atoms with Crippen molar-refractivity contribution < 1.29 is 18.6 Å².